The summed E-state index contributed by atoms with van der Waals surface area (Å²) in [6.07, 6.45) is -1.49. The van der Waals surface area contributed by atoms with Crippen LogP contribution in [0.4, 0.5) is 4.79 Å². The number of hydrogen-bond donors (Lipinski definition) is 3. The highest BCUT2D eigenvalue weighted by Gasteiger charge is 2.16. The summed E-state index contributed by atoms with van der Waals surface area (Å²) in [5, 5.41) is 20.5. The van der Waals surface area contributed by atoms with Gasteiger partial charge in [-0.15, -0.1) is 0 Å². The van der Waals surface area contributed by atoms with Crippen LogP contribution >= 0.6 is 0 Å². The van der Waals surface area contributed by atoms with Crippen molar-refractivity contribution in [2.24, 2.45) is 0 Å². The van der Waals surface area contributed by atoms with Gasteiger partial charge in [0.05, 0.1) is 18.8 Å². The Hall–Kier alpha value is -1.59. The maximum atomic E-state index is 11.3. The van der Waals surface area contributed by atoms with E-state index in [0.29, 0.717) is 0 Å². The molecule has 17 heavy (non-hydrogen) atoms. The van der Waals surface area contributed by atoms with E-state index in [9.17, 15) is 9.90 Å². The van der Waals surface area contributed by atoms with Crippen molar-refractivity contribution in [2.45, 2.75) is 25.7 Å². The summed E-state index contributed by atoms with van der Waals surface area (Å²) in [5.41, 5.74) is 0.875. The molecule has 1 aromatic rings. The first-order valence-corrected chi connectivity index (χ1v) is 5.39. The Morgan fingerprint density at radius 1 is 1.41 bits per heavy atom. The molecule has 1 amide bonds. The highest BCUT2D eigenvalue weighted by atomic mass is 16.5. The second-order valence-electron chi connectivity index (χ2n) is 3.74. The van der Waals surface area contributed by atoms with Crippen molar-refractivity contribution in [1.29, 1.82) is 0 Å². The first kappa shape index (κ1) is 13.5. The molecule has 0 bridgehead atoms. The SMILES string of the molecule is C[C@@H](O)[C@H](CO)NC(=O)OCc1ccccc1. The third kappa shape index (κ3) is 4.84. The predicted octanol–water partition coefficient (Wildman–Crippen LogP) is 0.654. The van der Waals surface area contributed by atoms with Crippen LogP contribution in [0.5, 0.6) is 0 Å². The number of nitrogens with one attached hydrogen (secondary N) is 1. The second-order valence-corrected chi connectivity index (χ2v) is 3.74. The molecule has 0 heterocycles. The second kappa shape index (κ2) is 6.88. The molecule has 0 aliphatic rings. The Bertz CT molecular complexity index is 340. The summed E-state index contributed by atoms with van der Waals surface area (Å²) in [5.74, 6) is 0. The fourth-order valence-electron chi connectivity index (χ4n) is 1.23. The van der Waals surface area contributed by atoms with Crippen molar-refractivity contribution in [1.82, 2.24) is 5.32 Å². The van der Waals surface area contributed by atoms with Gasteiger partial charge in [0.25, 0.3) is 0 Å². The number of alkyl carbamates (subject to hydrolysis) is 1. The van der Waals surface area contributed by atoms with Crippen molar-refractivity contribution in [3.8, 4) is 0 Å². The van der Waals surface area contributed by atoms with Gasteiger partial charge in [-0.25, -0.2) is 4.79 Å². The van der Waals surface area contributed by atoms with Gasteiger partial charge in [0, 0.05) is 0 Å². The molecule has 3 N–H and O–H groups in total. The molecule has 0 radical (unpaired) electrons. The highest BCUT2D eigenvalue weighted by molar-refractivity contribution is 5.67. The third-order valence-corrected chi connectivity index (χ3v) is 2.30. The summed E-state index contributed by atoms with van der Waals surface area (Å²) in [6, 6.07) is 8.54. The lowest BCUT2D eigenvalue weighted by molar-refractivity contribution is 0.0858. The molecule has 0 aliphatic carbocycles. The van der Waals surface area contributed by atoms with Crippen molar-refractivity contribution in [3.63, 3.8) is 0 Å². The fourth-order valence-corrected chi connectivity index (χ4v) is 1.23. The highest BCUT2D eigenvalue weighted by Crippen LogP contribution is 2.01. The summed E-state index contributed by atoms with van der Waals surface area (Å²) in [7, 11) is 0. The van der Waals surface area contributed by atoms with Crippen LogP contribution in [0.3, 0.4) is 0 Å². The third-order valence-electron chi connectivity index (χ3n) is 2.30. The van der Waals surface area contributed by atoms with Crippen LogP contribution in [0.15, 0.2) is 30.3 Å². The molecule has 0 spiro atoms. The molecule has 94 valence electrons. The number of amides is 1. The average molecular weight is 239 g/mol. The van der Waals surface area contributed by atoms with Gasteiger partial charge in [-0.2, -0.15) is 0 Å². The Kier molecular flexibility index (Phi) is 5.45. The molecule has 5 heteroatoms. The molecule has 2 atom stereocenters. The Balaban J connectivity index is 2.35. The molecule has 1 aromatic carbocycles. The van der Waals surface area contributed by atoms with Gasteiger partial charge < -0.3 is 20.3 Å². The normalized spacial score (nSPS) is 13.8. The van der Waals surface area contributed by atoms with Crippen LogP contribution in [0.25, 0.3) is 0 Å². The molecule has 0 saturated heterocycles. The van der Waals surface area contributed by atoms with Gasteiger partial charge in [0.1, 0.15) is 6.61 Å². The summed E-state index contributed by atoms with van der Waals surface area (Å²) in [6.45, 7) is 1.31. The van der Waals surface area contributed by atoms with Crippen molar-refractivity contribution >= 4 is 6.09 Å². The lowest BCUT2D eigenvalue weighted by Gasteiger charge is -2.18. The molecule has 5 nitrogen and oxygen atoms in total. The van der Waals surface area contributed by atoms with Gasteiger partial charge in [0.2, 0.25) is 0 Å². The number of carbonyl (C=O) groups excluding carboxylic acids is 1. The van der Waals surface area contributed by atoms with Gasteiger partial charge in [0.15, 0.2) is 0 Å². The van der Waals surface area contributed by atoms with E-state index in [1.165, 1.54) is 6.92 Å². The van der Waals surface area contributed by atoms with E-state index in [1.807, 2.05) is 30.3 Å². The van der Waals surface area contributed by atoms with E-state index >= 15 is 0 Å². The van der Waals surface area contributed by atoms with E-state index in [2.05, 4.69) is 5.32 Å². The fraction of sp³-hybridized carbons (Fsp3) is 0.417. The van der Waals surface area contributed by atoms with Gasteiger partial charge in [-0.1, -0.05) is 30.3 Å². The molecule has 0 unspecified atom stereocenters. The van der Waals surface area contributed by atoms with Gasteiger partial charge in [-0.05, 0) is 12.5 Å². The minimum Gasteiger partial charge on any atom is -0.445 e. The molecule has 0 fully saturated rings. The van der Waals surface area contributed by atoms with Crippen molar-refractivity contribution in [2.75, 3.05) is 6.61 Å². The monoisotopic (exact) mass is 239 g/mol. The molecule has 0 aliphatic heterocycles. The standard InChI is InChI=1S/C12H17NO4/c1-9(15)11(7-14)13-12(16)17-8-10-5-3-2-4-6-10/h2-6,9,11,14-15H,7-8H2,1H3,(H,13,16)/t9-,11+/m1/s1. The number of hydrogen-bond acceptors (Lipinski definition) is 4. The van der Waals surface area contributed by atoms with E-state index in [4.69, 9.17) is 9.84 Å². The number of aliphatic hydroxyl groups excluding tert-OH is 2. The van der Waals surface area contributed by atoms with E-state index in [-0.39, 0.29) is 13.2 Å². The van der Waals surface area contributed by atoms with Crippen LogP contribution in [0.1, 0.15) is 12.5 Å². The number of benzene rings is 1. The molecule has 0 aromatic heterocycles. The Labute approximate surface area is 100 Å². The number of ether oxygens (including phenoxy) is 1. The number of rotatable bonds is 5. The van der Waals surface area contributed by atoms with E-state index < -0.39 is 18.2 Å². The smallest absolute Gasteiger partial charge is 0.407 e. The minimum absolute atomic E-state index is 0.157. The maximum Gasteiger partial charge on any atom is 0.407 e. The van der Waals surface area contributed by atoms with E-state index in [0.717, 1.165) is 5.56 Å². The van der Waals surface area contributed by atoms with Crippen LogP contribution in [0, 0.1) is 0 Å². The predicted molar refractivity (Wildman–Crippen MR) is 62.3 cm³/mol. The van der Waals surface area contributed by atoms with Crippen LogP contribution in [-0.2, 0) is 11.3 Å². The topological polar surface area (TPSA) is 78.8 Å². The largest absolute Gasteiger partial charge is 0.445 e. The quantitative estimate of drug-likeness (QED) is 0.705. The maximum absolute atomic E-state index is 11.3. The minimum atomic E-state index is -0.829. The molecular formula is C12H17NO4. The van der Waals surface area contributed by atoms with Gasteiger partial charge in [-0.3, -0.25) is 0 Å². The first-order chi connectivity index (χ1) is 8.13. The number of aliphatic hydroxyl groups is 2. The summed E-state index contributed by atoms with van der Waals surface area (Å²) < 4.78 is 4.94. The lowest BCUT2D eigenvalue weighted by atomic mass is 10.2. The summed E-state index contributed by atoms with van der Waals surface area (Å²) >= 11 is 0. The molecule has 0 saturated carbocycles. The Morgan fingerprint density at radius 3 is 2.59 bits per heavy atom. The van der Waals surface area contributed by atoms with Crippen molar-refractivity contribution in [3.05, 3.63) is 35.9 Å². The zero-order valence-corrected chi connectivity index (χ0v) is 9.67. The summed E-state index contributed by atoms with van der Waals surface area (Å²) in [4.78, 5) is 11.3. The first-order valence-electron chi connectivity index (χ1n) is 5.39. The van der Waals surface area contributed by atoms with Crippen LogP contribution in [-0.4, -0.2) is 35.1 Å². The lowest BCUT2D eigenvalue weighted by Crippen LogP contribution is -2.44. The molecular weight excluding hydrogens is 222 g/mol. The zero-order valence-electron chi connectivity index (χ0n) is 9.67. The van der Waals surface area contributed by atoms with Crippen molar-refractivity contribution < 1.29 is 19.7 Å². The van der Waals surface area contributed by atoms with E-state index in [1.54, 1.807) is 0 Å². The zero-order chi connectivity index (χ0) is 12.7. The molecule has 1 rings (SSSR count). The number of carbonyl (C=O) groups is 1. The Morgan fingerprint density at radius 2 is 2.06 bits per heavy atom. The van der Waals surface area contributed by atoms with Crippen LogP contribution in [0.2, 0.25) is 0 Å². The average Bonchev–Trinajstić information content (AvgIpc) is 2.34. The van der Waals surface area contributed by atoms with Crippen LogP contribution < -0.4 is 5.32 Å². The van der Waals surface area contributed by atoms with Gasteiger partial charge >= 0.3 is 6.09 Å².